The van der Waals surface area contributed by atoms with Crippen LogP contribution in [0.3, 0.4) is 0 Å². The van der Waals surface area contributed by atoms with E-state index < -0.39 is 54.3 Å². The summed E-state index contributed by atoms with van der Waals surface area (Å²) in [6, 6.07) is 1.90. The molecule has 3 aliphatic heterocycles. The summed E-state index contributed by atoms with van der Waals surface area (Å²) in [4.78, 5) is 37.1. The quantitative estimate of drug-likeness (QED) is 0.426. The summed E-state index contributed by atoms with van der Waals surface area (Å²) in [5.74, 6) is -5.69. The van der Waals surface area contributed by atoms with Crippen molar-refractivity contribution < 1.29 is 32.6 Å². The molecule has 0 saturated carbocycles. The first-order valence-corrected chi connectivity index (χ1v) is 14.4. The van der Waals surface area contributed by atoms with Gasteiger partial charge in [0.05, 0.1) is 30.7 Å². The Morgan fingerprint density at radius 3 is 2.78 bits per heavy atom. The summed E-state index contributed by atoms with van der Waals surface area (Å²) in [5.41, 5.74) is 1.24. The summed E-state index contributed by atoms with van der Waals surface area (Å²) < 4.78 is 51.0. The first kappa shape index (κ1) is 29.2. The number of likely N-dealkylation sites (tertiary alicyclic amines) is 2. The fourth-order valence-corrected chi connectivity index (χ4v) is 6.61. The molecule has 1 aromatic heterocycles. The Hall–Kier alpha value is -3.29. The second-order valence-electron chi connectivity index (χ2n) is 10.6. The first-order valence-electron chi connectivity index (χ1n) is 13.5. The topological polar surface area (TPSA) is 107 Å². The van der Waals surface area contributed by atoms with Crippen molar-refractivity contribution in [1.82, 2.24) is 20.1 Å². The number of halogens is 3. The second kappa shape index (κ2) is 11.5. The largest absolute Gasteiger partial charge is 0.481 e. The lowest BCUT2D eigenvalue weighted by molar-refractivity contribution is -0.142. The van der Waals surface area contributed by atoms with Crippen LogP contribution in [0, 0.1) is 18.7 Å². The second-order valence-corrected chi connectivity index (χ2v) is 11.5. The van der Waals surface area contributed by atoms with E-state index in [2.05, 4.69) is 10.3 Å². The van der Waals surface area contributed by atoms with Gasteiger partial charge in [0.25, 0.3) is 5.92 Å². The highest BCUT2D eigenvalue weighted by Crippen LogP contribution is 2.43. The number of hydrogen-bond acceptors (Lipinski definition) is 9. The molecular weight excluding hydrogens is 559 g/mol. The van der Waals surface area contributed by atoms with E-state index in [-0.39, 0.29) is 25.3 Å². The van der Waals surface area contributed by atoms with Gasteiger partial charge < -0.3 is 15.2 Å². The van der Waals surface area contributed by atoms with E-state index in [0.717, 1.165) is 0 Å². The number of carbonyl (C=O) groups is 2. The minimum atomic E-state index is -3.09. The Kier molecular flexibility index (Phi) is 8.22. The van der Waals surface area contributed by atoms with Gasteiger partial charge in [0.1, 0.15) is 11.9 Å². The Morgan fingerprint density at radius 2 is 2.10 bits per heavy atom. The zero-order chi connectivity index (χ0) is 29.5. The molecule has 9 nitrogen and oxygen atoms in total. The standard InChI is InChI=1S/C28H32F3N5O4S/c1-4-40-27(39)21-19(13-36-14-28(30,31)23-20(36)8-10-35(23)12-15(2)26(37)38)33-24(25-32-9-11-41-25)34-22(21)17-6-5-7-18(29)16(17)3/h5-7,9,11,15,20,22-23H,4,8,10,12-14H2,1-3H3,(H,33,34)(H,37,38)/t15?,20?,22-,23?/m0/s1. The maximum absolute atomic E-state index is 15.5. The number of aliphatic imine (C=N–C) groups is 1. The number of nitrogens with one attached hydrogen (secondary N) is 1. The predicted octanol–water partition coefficient (Wildman–Crippen LogP) is 3.61. The minimum absolute atomic E-state index is 0.0245. The molecule has 4 heterocycles. The van der Waals surface area contributed by atoms with Crippen LogP contribution in [0.25, 0.3) is 0 Å². The lowest BCUT2D eigenvalue weighted by Crippen LogP contribution is -2.47. The molecule has 13 heteroatoms. The number of hydrogen-bond donors (Lipinski definition) is 2. The van der Waals surface area contributed by atoms with Gasteiger partial charge in [-0.3, -0.25) is 19.6 Å². The molecular formula is C28H32F3N5O4S. The molecule has 5 rings (SSSR count). The van der Waals surface area contributed by atoms with Crippen LogP contribution in [-0.4, -0.2) is 88.5 Å². The van der Waals surface area contributed by atoms with Crippen LogP contribution in [0.1, 0.15) is 42.4 Å². The Morgan fingerprint density at radius 1 is 1.32 bits per heavy atom. The van der Waals surface area contributed by atoms with Gasteiger partial charge in [0.15, 0.2) is 10.8 Å². The number of aromatic nitrogens is 1. The van der Waals surface area contributed by atoms with Crippen molar-refractivity contribution >= 4 is 29.1 Å². The normalized spacial score (nSPS) is 25.0. The summed E-state index contributed by atoms with van der Waals surface area (Å²) in [7, 11) is 0. The molecule has 0 spiro atoms. The van der Waals surface area contributed by atoms with Gasteiger partial charge in [-0.25, -0.2) is 22.9 Å². The maximum atomic E-state index is 15.5. The van der Waals surface area contributed by atoms with Crippen molar-refractivity contribution in [2.75, 3.05) is 32.8 Å². The highest BCUT2D eigenvalue weighted by Gasteiger charge is 2.59. The van der Waals surface area contributed by atoms with Crippen molar-refractivity contribution in [1.29, 1.82) is 0 Å². The van der Waals surface area contributed by atoms with Gasteiger partial charge in [0.2, 0.25) is 0 Å². The number of carbonyl (C=O) groups excluding carboxylic acids is 1. The van der Waals surface area contributed by atoms with E-state index >= 15 is 8.78 Å². The smallest absolute Gasteiger partial charge is 0.338 e. The number of ether oxygens (including phenoxy) is 1. The molecule has 220 valence electrons. The first-order chi connectivity index (χ1) is 19.5. The van der Waals surface area contributed by atoms with Crippen molar-refractivity contribution in [3.63, 3.8) is 0 Å². The van der Waals surface area contributed by atoms with Gasteiger partial charge in [-0.15, -0.1) is 11.3 Å². The van der Waals surface area contributed by atoms with Gasteiger partial charge >= 0.3 is 11.9 Å². The van der Waals surface area contributed by atoms with Gasteiger partial charge in [-0.05, 0) is 37.5 Å². The molecule has 0 amide bonds. The number of aliphatic carboxylic acids is 1. The third-order valence-corrected chi connectivity index (χ3v) is 8.72. The van der Waals surface area contributed by atoms with Crippen molar-refractivity contribution in [3.8, 4) is 0 Å². The van der Waals surface area contributed by atoms with Crippen LogP contribution in [0.5, 0.6) is 0 Å². The van der Waals surface area contributed by atoms with E-state index in [1.807, 2.05) is 0 Å². The predicted molar refractivity (Wildman–Crippen MR) is 146 cm³/mol. The van der Waals surface area contributed by atoms with Crippen LogP contribution < -0.4 is 5.32 Å². The van der Waals surface area contributed by atoms with Crippen LogP contribution in [0.4, 0.5) is 13.2 Å². The van der Waals surface area contributed by atoms with E-state index in [4.69, 9.17) is 9.73 Å². The molecule has 2 aromatic rings. The zero-order valence-electron chi connectivity index (χ0n) is 22.9. The molecule has 2 saturated heterocycles. The third-order valence-electron chi connectivity index (χ3n) is 7.94. The average Bonchev–Trinajstić information content (AvgIpc) is 3.65. The highest BCUT2D eigenvalue weighted by atomic mass is 32.1. The lowest BCUT2D eigenvalue weighted by atomic mass is 9.92. The van der Waals surface area contributed by atoms with Gasteiger partial charge in [-0.2, -0.15) is 0 Å². The van der Waals surface area contributed by atoms with E-state index in [9.17, 15) is 19.1 Å². The molecule has 3 unspecified atom stereocenters. The molecule has 41 heavy (non-hydrogen) atoms. The van der Waals surface area contributed by atoms with Gasteiger partial charge in [-0.1, -0.05) is 19.1 Å². The number of nitrogens with zero attached hydrogens (tertiary/aromatic N) is 4. The monoisotopic (exact) mass is 591 g/mol. The molecule has 0 radical (unpaired) electrons. The summed E-state index contributed by atoms with van der Waals surface area (Å²) >= 11 is 1.32. The van der Waals surface area contributed by atoms with Gasteiger partial charge in [0, 0.05) is 43.0 Å². The maximum Gasteiger partial charge on any atom is 0.338 e. The van der Waals surface area contributed by atoms with E-state index in [0.29, 0.717) is 40.6 Å². The fraction of sp³-hybridized carbons (Fsp3) is 0.500. The number of benzene rings is 1. The van der Waals surface area contributed by atoms with Crippen LogP contribution >= 0.6 is 11.3 Å². The van der Waals surface area contributed by atoms with Crippen LogP contribution in [0.2, 0.25) is 0 Å². The van der Waals surface area contributed by atoms with Crippen LogP contribution in [-0.2, 0) is 14.3 Å². The Balaban J connectivity index is 1.54. The fourth-order valence-electron chi connectivity index (χ4n) is 6.03. The number of thiazole rings is 1. The molecule has 1 aromatic carbocycles. The van der Waals surface area contributed by atoms with Crippen LogP contribution in [0.15, 0.2) is 46.0 Å². The molecule has 2 fully saturated rings. The number of carboxylic acids is 1. The summed E-state index contributed by atoms with van der Waals surface area (Å²) in [6.07, 6.45) is 2.03. The SMILES string of the molecule is CCOC(=O)C1=C(CN2CC(F)(F)C3C2CCN3CC(C)C(=O)O)NC(c2nccs2)=N[C@H]1c1cccc(F)c1C. The van der Waals surface area contributed by atoms with E-state index in [1.165, 1.54) is 30.4 Å². The van der Waals surface area contributed by atoms with Crippen molar-refractivity contribution in [2.45, 2.75) is 51.2 Å². The number of fused-ring (bicyclic) bond motifs is 1. The molecule has 4 atom stereocenters. The Bertz CT molecular complexity index is 1380. The Labute approximate surface area is 239 Å². The average molecular weight is 592 g/mol. The van der Waals surface area contributed by atoms with Crippen molar-refractivity contribution in [3.05, 3.63) is 63.0 Å². The molecule has 0 aliphatic carbocycles. The number of esters is 1. The van der Waals surface area contributed by atoms with Crippen molar-refractivity contribution in [2.24, 2.45) is 10.9 Å². The molecule has 3 aliphatic rings. The zero-order valence-corrected chi connectivity index (χ0v) is 23.8. The minimum Gasteiger partial charge on any atom is -0.481 e. The molecule has 2 N–H and O–H groups in total. The lowest BCUT2D eigenvalue weighted by Gasteiger charge is -2.31. The summed E-state index contributed by atoms with van der Waals surface area (Å²) in [5, 5.41) is 14.8. The number of amidine groups is 1. The summed E-state index contributed by atoms with van der Waals surface area (Å²) in [6.45, 7) is 4.62. The molecule has 0 bridgehead atoms. The number of carboxylic acid groups (broad SMARTS) is 1. The number of rotatable bonds is 9. The number of alkyl halides is 2. The highest BCUT2D eigenvalue weighted by molar-refractivity contribution is 7.11. The van der Waals surface area contributed by atoms with E-state index in [1.54, 1.807) is 41.3 Å². The third kappa shape index (κ3) is 5.62.